The van der Waals surface area contributed by atoms with Gasteiger partial charge in [0.2, 0.25) is 0 Å². The Morgan fingerprint density at radius 2 is 1.93 bits per heavy atom. The van der Waals surface area contributed by atoms with E-state index in [0.717, 1.165) is 40.2 Å². The summed E-state index contributed by atoms with van der Waals surface area (Å²) < 4.78 is 3.79. The number of aromatic nitrogens is 7. The van der Waals surface area contributed by atoms with E-state index < -0.39 is 0 Å². The van der Waals surface area contributed by atoms with Gasteiger partial charge in [0.05, 0.1) is 17.3 Å². The van der Waals surface area contributed by atoms with E-state index in [0.29, 0.717) is 12.4 Å². The summed E-state index contributed by atoms with van der Waals surface area (Å²) in [7, 11) is 1.88. The number of fused-ring (bicyclic) bond motifs is 2. The molecule has 5 aromatic heterocycles. The molecule has 0 radical (unpaired) electrons. The highest BCUT2D eigenvalue weighted by Crippen LogP contribution is 2.24. The predicted molar refractivity (Wildman–Crippen MR) is 107 cm³/mol. The number of pyridine rings is 2. The van der Waals surface area contributed by atoms with Gasteiger partial charge >= 0.3 is 0 Å². The largest absolute Gasteiger partial charge is 0.369 e. The summed E-state index contributed by atoms with van der Waals surface area (Å²) in [5, 5.41) is 8.67. The van der Waals surface area contributed by atoms with Crippen LogP contribution in [0.5, 0.6) is 0 Å². The van der Waals surface area contributed by atoms with Crippen molar-refractivity contribution in [3.8, 4) is 11.4 Å². The molecule has 28 heavy (non-hydrogen) atoms. The highest BCUT2D eigenvalue weighted by Gasteiger charge is 2.13. The molecule has 0 amide bonds. The van der Waals surface area contributed by atoms with Crippen LogP contribution in [0.2, 0.25) is 0 Å². The van der Waals surface area contributed by atoms with Crippen molar-refractivity contribution < 1.29 is 0 Å². The lowest BCUT2D eigenvalue weighted by Crippen LogP contribution is -2.08. The normalized spacial score (nSPS) is 11.3. The average molecular weight is 370 g/mol. The third-order valence-electron chi connectivity index (χ3n) is 4.62. The summed E-state index contributed by atoms with van der Waals surface area (Å²) in [6, 6.07) is 9.79. The molecule has 0 bridgehead atoms. The maximum Gasteiger partial charge on any atom is 0.164 e. The summed E-state index contributed by atoms with van der Waals surface area (Å²) in [5.41, 5.74) is 3.69. The minimum atomic E-state index is 0.647. The van der Waals surface area contributed by atoms with Crippen LogP contribution in [0.25, 0.3) is 28.1 Å². The molecule has 0 spiro atoms. The number of anilines is 1. The third kappa shape index (κ3) is 2.94. The summed E-state index contributed by atoms with van der Waals surface area (Å²) in [6.07, 6.45) is 10.1. The van der Waals surface area contributed by atoms with Gasteiger partial charge in [0.25, 0.3) is 0 Å². The van der Waals surface area contributed by atoms with Gasteiger partial charge in [0.1, 0.15) is 11.5 Å². The number of hydrogen-bond donors (Lipinski definition) is 1. The van der Waals surface area contributed by atoms with Crippen LogP contribution in [0.1, 0.15) is 5.69 Å². The van der Waals surface area contributed by atoms with Crippen molar-refractivity contribution >= 4 is 22.5 Å². The first kappa shape index (κ1) is 16.4. The smallest absolute Gasteiger partial charge is 0.164 e. The Morgan fingerprint density at radius 3 is 2.79 bits per heavy atom. The molecule has 0 aromatic carbocycles. The van der Waals surface area contributed by atoms with E-state index in [4.69, 9.17) is 4.98 Å². The second kappa shape index (κ2) is 6.73. The zero-order valence-corrected chi connectivity index (χ0v) is 15.3. The molecule has 5 rings (SSSR count). The van der Waals surface area contributed by atoms with Gasteiger partial charge in [0, 0.05) is 50.4 Å². The second-order valence-electron chi connectivity index (χ2n) is 6.51. The molecule has 0 atom stereocenters. The SMILES string of the molecule is Cn1ncc2c(NCCc3cn4ccccc4n3)nc(-c3ccncc3)nc21. The van der Waals surface area contributed by atoms with Crippen molar-refractivity contribution in [1.29, 1.82) is 0 Å². The Labute approximate surface area is 160 Å². The predicted octanol–water partition coefficient (Wildman–Crippen LogP) is 2.73. The van der Waals surface area contributed by atoms with Gasteiger partial charge in [-0.1, -0.05) is 6.07 Å². The second-order valence-corrected chi connectivity index (χ2v) is 6.51. The maximum absolute atomic E-state index is 4.73. The number of aryl methyl sites for hydroxylation is 1. The Bertz CT molecular complexity index is 1220. The number of imidazole rings is 1. The first-order chi connectivity index (χ1) is 13.8. The van der Waals surface area contributed by atoms with Gasteiger partial charge < -0.3 is 9.72 Å². The Morgan fingerprint density at radius 1 is 1.04 bits per heavy atom. The summed E-state index contributed by atoms with van der Waals surface area (Å²) >= 11 is 0. The quantitative estimate of drug-likeness (QED) is 0.512. The molecule has 0 aliphatic rings. The van der Waals surface area contributed by atoms with Gasteiger partial charge in [-0.05, 0) is 24.3 Å². The van der Waals surface area contributed by atoms with Crippen LogP contribution in [-0.4, -0.2) is 40.7 Å². The molecule has 138 valence electrons. The van der Waals surface area contributed by atoms with E-state index >= 15 is 0 Å². The number of nitrogens with one attached hydrogen (secondary N) is 1. The molecule has 8 heteroatoms. The van der Waals surface area contributed by atoms with Gasteiger partial charge in [0.15, 0.2) is 11.5 Å². The molecular weight excluding hydrogens is 352 g/mol. The standard InChI is InChI=1S/C20H18N8/c1-27-20-16(12-23-27)19(25-18(26-20)14-5-8-21-9-6-14)22-10-7-15-13-28-11-3-2-4-17(28)24-15/h2-6,8-9,11-13H,7,10H2,1H3,(H,22,25,26). The molecule has 0 fully saturated rings. The third-order valence-corrected chi connectivity index (χ3v) is 4.62. The topological polar surface area (TPSA) is 85.8 Å². The first-order valence-corrected chi connectivity index (χ1v) is 9.04. The molecule has 0 saturated heterocycles. The molecule has 5 heterocycles. The van der Waals surface area contributed by atoms with Crippen molar-refractivity contribution in [2.75, 3.05) is 11.9 Å². The van der Waals surface area contributed by atoms with E-state index in [1.807, 2.05) is 48.0 Å². The zero-order valence-electron chi connectivity index (χ0n) is 15.3. The lowest BCUT2D eigenvalue weighted by Gasteiger charge is -2.08. The molecule has 0 aliphatic carbocycles. The molecule has 5 aromatic rings. The minimum Gasteiger partial charge on any atom is -0.369 e. The molecule has 0 aliphatic heterocycles. The fourth-order valence-corrected chi connectivity index (χ4v) is 3.20. The van der Waals surface area contributed by atoms with Crippen LogP contribution in [0.3, 0.4) is 0 Å². The summed E-state index contributed by atoms with van der Waals surface area (Å²) in [6.45, 7) is 0.709. The van der Waals surface area contributed by atoms with Crippen LogP contribution in [0.15, 0.2) is 61.3 Å². The van der Waals surface area contributed by atoms with E-state index in [1.54, 1.807) is 23.3 Å². The Balaban J connectivity index is 1.43. The lowest BCUT2D eigenvalue weighted by atomic mass is 10.2. The summed E-state index contributed by atoms with van der Waals surface area (Å²) in [4.78, 5) is 18.1. The van der Waals surface area contributed by atoms with Crippen LogP contribution in [-0.2, 0) is 13.5 Å². The molecular formula is C20H18N8. The van der Waals surface area contributed by atoms with E-state index in [9.17, 15) is 0 Å². The molecule has 8 nitrogen and oxygen atoms in total. The van der Waals surface area contributed by atoms with Crippen LogP contribution < -0.4 is 5.32 Å². The Kier molecular flexibility index (Phi) is 3.93. The molecule has 0 unspecified atom stereocenters. The fraction of sp³-hybridized carbons (Fsp3) is 0.150. The van der Waals surface area contributed by atoms with E-state index in [1.165, 1.54) is 0 Å². The van der Waals surface area contributed by atoms with Crippen molar-refractivity contribution in [3.63, 3.8) is 0 Å². The zero-order chi connectivity index (χ0) is 18.9. The van der Waals surface area contributed by atoms with Gasteiger partial charge in [-0.25, -0.2) is 15.0 Å². The fourth-order valence-electron chi connectivity index (χ4n) is 3.20. The average Bonchev–Trinajstić information content (AvgIpc) is 3.32. The van der Waals surface area contributed by atoms with Crippen LogP contribution in [0.4, 0.5) is 5.82 Å². The van der Waals surface area contributed by atoms with Gasteiger partial charge in [-0.15, -0.1) is 0 Å². The van der Waals surface area contributed by atoms with Crippen molar-refractivity contribution in [1.82, 2.24) is 34.1 Å². The van der Waals surface area contributed by atoms with E-state index in [2.05, 4.69) is 31.6 Å². The summed E-state index contributed by atoms with van der Waals surface area (Å²) in [5.74, 6) is 1.42. The number of hydrogen-bond acceptors (Lipinski definition) is 6. The Hall–Kier alpha value is -3.81. The first-order valence-electron chi connectivity index (χ1n) is 9.04. The maximum atomic E-state index is 4.73. The molecule has 0 saturated carbocycles. The van der Waals surface area contributed by atoms with E-state index in [-0.39, 0.29) is 0 Å². The lowest BCUT2D eigenvalue weighted by molar-refractivity contribution is 0.786. The monoisotopic (exact) mass is 370 g/mol. The molecule has 1 N–H and O–H groups in total. The van der Waals surface area contributed by atoms with Crippen LogP contribution >= 0.6 is 0 Å². The van der Waals surface area contributed by atoms with Gasteiger partial charge in [-0.3, -0.25) is 9.67 Å². The highest BCUT2D eigenvalue weighted by atomic mass is 15.3. The number of nitrogens with zero attached hydrogens (tertiary/aromatic N) is 7. The van der Waals surface area contributed by atoms with Gasteiger partial charge in [-0.2, -0.15) is 5.10 Å². The minimum absolute atomic E-state index is 0.647. The highest BCUT2D eigenvalue weighted by molar-refractivity contribution is 5.88. The number of rotatable bonds is 5. The van der Waals surface area contributed by atoms with Crippen molar-refractivity contribution in [2.45, 2.75) is 6.42 Å². The van der Waals surface area contributed by atoms with Crippen LogP contribution in [0, 0.1) is 0 Å². The van der Waals surface area contributed by atoms with Crippen molar-refractivity contribution in [2.24, 2.45) is 7.05 Å². The van der Waals surface area contributed by atoms with Crippen molar-refractivity contribution in [3.05, 3.63) is 67.0 Å².